The summed E-state index contributed by atoms with van der Waals surface area (Å²) in [6, 6.07) is 0. The lowest BCUT2D eigenvalue weighted by Crippen LogP contribution is -2.58. The highest BCUT2D eigenvalue weighted by atomic mass is 16.3. The van der Waals surface area contributed by atoms with Crippen LogP contribution in [0.2, 0.25) is 0 Å². The average molecular weight is 405 g/mol. The second-order valence-corrected chi connectivity index (χ2v) is 12.8. The minimum absolute atomic E-state index is 0.131. The van der Waals surface area contributed by atoms with Gasteiger partial charge in [-0.05, 0) is 104 Å². The van der Waals surface area contributed by atoms with Crippen molar-refractivity contribution in [3.63, 3.8) is 0 Å². The Morgan fingerprint density at radius 2 is 1.52 bits per heavy atom. The molecule has 0 amide bonds. The Balaban J connectivity index is 1.50. The summed E-state index contributed by atoms with van der Waals surface area (Å²) in [6.45, 7) is 12.4. The van der Waals surface area contributed by atoms with E-state index in [0.29, 0.717) is 28.6 Å². The van der Waals surface area contributed by atoms with Crippen molar-refractivity contribution in [2.45, 2.75) is 117 Å². The van der Waals surface area contributed by atoms with Crippen molar-refractivity contribution in [2.75, 3.05) is 0 Å². The molecule has 0 aliphatic heterocycles. The van der Waals surface area contributed by atoms with Gasteiger partial charge in [-0.3, -0.25) is 0 Å². The maximum atomic E-state index is 11.4. The first-order chi connectivity index (χ1) is 13.7. The third kappa shape index (κ3) is 3.73. The van der Waals surface area contributed by atoms with Gasteiger partial charge in [-0.2, -0.15) is 0 Å². The van der Waals surface area contributed by atoms with E-state index in [1.54, 1.807) is 0 Å². The molecule has 4 fully saturated rings. The molecule has 4 saturated carbocycles. The first kappa shape index (κ1) is 22.1. The molecule has 0 bridgehead atoms. The third-order valence-corrected chi connectivity index (χ3v) is 10.9. The molecular formula is C27H48O2. The fraction of sp³-hybridized carbons (Fsp3) is 1.00. The molecule has 4 aliphatic rings. The number of hydrogen-bond donors (Lipinski definition) is 2. The molecular weight excluding hydrogens is 356 g/mol. The molecule has 10 atom stereocenters. The van der Waals surface area contributed by atoms with Crippen molar-refractivity contribution < 1.29 is 10.2 Å². The molecule has 168 valence electrons. The normalized spacial score (nSPS) is 50.7. The molecule has 2 heteroatoms. The standard InChI is InChI=1S/C27H48O2/c1-17(2)7-6-8-18(3)21-9-10-22-25-23(12-14-27(21,22)5)26(4)13-11-20(28)15-19(26)16-24(25)29/h17-25,28-29H,6-16H2,1-5H3/t18?,19-,20+,21+,22-,23-,24+,25-,26-,27+/m0/s1. The van der Waals surface area contributed by atoms with Crippen LogP contribution in [0, 0.1) is 52.3 Å². The van der Waals surface area contributed by atoms with Crippen molar-refractivity contribution in [1.82, 2.24) is 0 Å². The Morgan fingerprint density at radius 3 is 2.24 bits per heavy atom. The zero-order valence-electron chi connectivity index (χ0n) is 19.9. The second-order valence-electron chi connectivity index (χ2n) is 12.8. The highest BCUT2D eigenvalue weighted by Gasteiger charge is 2.62. The van der Waals surface area contributed by atoms with Crippen molar-refractivity contribution in [1.29, 1.82) is 0 Å². The summed E-state index contributed by atoms with van der Waals surface area (Å²) >= 11 is 0. The molecule has 0 radical (unpaired) electrons. The predicted octanol–water partition coefficient (Wildman–Crippen LogP) is 6.44. The van der Waals surface area contributed by atoms with Gasteiger partial charge in [0, 0.05) is 0 Å². The van der Waals surface area contributed by atoms with E-state index in [4.69, 9.17) is 0 Å². The summed E-state index contributed by atoms with van der Waals surface area (Å²) in [5, 5.41) is 21.6. The van der Waals surface area contributed by atoms with Crippen molar-refractivity contribution in [3.05, 3.63) is 0 Å². The third-order valence-electron chi connectivity index (χ3n) is 10.9. The van der Waals surface area contributed by atoms with Gasteiger partial charge in [0.05, 0.1) is 12.2 Å². The van der Waals surface area contributed by atoms with Crippen LogP contribution in [0.25, 0.3) is 0 Å². The zero-order valence-corrected chi connectivity index (χ0v) is 19.9. The van der Waals surface area contributed by atoms with Gasteiger partial charge in [-0.1, -0.05) is 53.9 Å². The molecule has 0 aromatic carbocycles. The van der Waals surface area contributed by atoms with Crippen LogP contribution in [0.15, 0.2) is 0 Å². The van der Waals surface area contributed by atoms with Crippen LogP contribution in [0.4, 0.5) is 0 Å². The minimum Gasteiger partial charge on any atom is -0.393 e. The van der Waals surface area contributed by atoms with Crippen LogP contribution in [-0.2, 0) is 0 Å². The molecule has 2 nitrogen and oxygen atoms in total. The lowest BCUT2D eigenvalue weighted by molar-refractivity contribution is -0.174. The quantitative estimate of drug-likeness (QED) is 0.553. The van der Waals surface area contributed by atoms with Gasteiger partial charge in [0.25, 0.3) is 0 Å². The summed E-state index contributed by atoms with van der Waals surface area (Å²) in [4.78, 5) is 0. The van der Waals surface area contributed by atoms with Crippen molar-refractivity contribution in [2.24, 2.45) is 52.3 Å². The van der Waals surface area contributed by atoms with E-state index in [2.05, 4.69) is 34.6 Å². The van der Waals surface area contributed by atoms with Crippen molar-refractivity contribution in [3.8, 4) is 0 Å². The fourth-order valence-electron chi connectivity index (χ4n) is 9.22. The summed E-state index contributed by atoms with van der Waals surface area (Å²) < 4.78 is 0. The van der Waals surface area contributed by atoms with E-state index in [1.165, 1.54) is 51.4 Å². The SMILES string of the molecule is CC(C)CCCC(C)[C@H]1CC[C@H]2[C@@H]3[C@H](O)C[C@@H]4C[C@H](O)CC[C@]4(C)[C@H]3CC[C@]12C. The topological polar surface area (TPSA) is 40.5 Å². The van der Waals surface area contributed by atoms with Crippen LogP contribution in [0.5, 0.6) is 0 Å². The van der Waals surface area contributed by atoms with Crippen LogP contribution in [0.3, 0.4) is 0 Å². The van der Waals surface area contributed by atoms with Gasteiger partial charge >= 0.3 is 0 Å². The fourth-order valence-corrected chi connectivity index (χ4v) is 9.22. The van der Waals surface area contributed by atoms with Gasteiger partial charge in [-0.25, -0.2) is 0 Å². The Morgan fingerprint density at radius 1 is 0.828 bits per heavy atom. The van der Waals surface area contributed by atoms with Gasteiger partial charge in [-0.15, -0.1) is 0 Å². The lowest BCUT2D eigenvalue weighted by Gasteiger charge is -2.62. The van der Waals surface area contributed by atoms with Crippen LogP contribution >= 0.6 is 0 Å². The monoisotopic (exact) mass is 404 g/mol. The van der Waals surface area contributed by atoms with E-state index in [9.17, 15) is 10.2 Å². The Hall–Kier alpha value is -0.0800. The number of hydrogen-bond acceptors (Lipinski definition) is 2. The minimum atomic E-state index is -0.136. The summed E-state index contributed by atoms with van der Waals surface area (Å²) in [7, 11) is 0. The molecule has 0 saturated heterocycles. The average Bonchev–Trinajstić information content (AvgIpc) is 3.00. The smallest absolute Gasteiger partial charge is 0.0577 e. The summed E-state index contributed by atoms with van der Waals surface area (Å²) in [5.41, 5.74) is 0.794. The molecule has 2 N–H and O–H groups in total. The highest BCUT2D eigenvalue weighted by Crippen LogP contribution is 2.68. The number of rotatable bonds is 5. The lowest BCUT2D eigenvalue weighted by atomic mass is 9.43. The van der Waals surface area contributed by atoms with E-state index >= 15 is 0 Å². The first-order valence-corrected chi connectivity index (χ1v) is 13.0. The Labute approximate surface area is 180 Å². The molecule has 0 spiro atoms. The maximum Gasteiger partial charge on any atom is 0.0577 e. The van der Waals surface area contributed by atoms with E-state index in [0.717, 1.165) is 42.9 Å². The van der Waals surface area contributed by atoms with Gasteiger partial charge in [0.2, 0.25) is 0 Å². The molecule has 0 aromatic heterocycles. The molecule has 4 aliphatic carbocycles. The second kappa shape index (κ2) is 8.12. The van der Waals surface area contributed by atoms with Crippen LogP contribution in [0.1, 0.15) is 105 Å². The number of aliphatic hydroxyl groups excluding tert-OH is 2. The van der Waals surface area contributed by atoms with Gasteiger partial charge < -0.3 is 10.2 Å². The number of aliphatic hydroxyl groups is 2. The van der Waals surface area contributed by atoms with Crippen molar-refractivity contribution >= 4 is 0 Å². The van der Waals surface area contributed by atoms with Crippen LogP contribution in [-0.4, -0.2) is 22.4 Å². The molecule has 4 rings (SSSR count). The maximum absolute atomic E-state index is 11.4. The Kier molecular flexibility index (Phi) is 6.19. The zero-order chi connectivity index (χ0) is 21.0. The predicted molar refractivity (Wildman–Crippen MR) is 120 cm³/mol. The number of fused-ring (bicyclic) bond motifs is 5. The van der Waals surface area contributed by atoms with E-state index < -0.39 is 0 Å². The van der Waals surface area contributed by atoms with Gasteiger partial charge in [0.1, 0.15) is 0 Å². The van der Waals surface area contributed by atoms with Gasteiger partial charge in [0.15, 0.2) is 0 Å². The molecule has 0 aromatic rings. The first-order valence-electron chi connectivity index (χ1n) is 13.0. The molecule has 0 heterocycles. The largest absolute Gasteiger partial charge is 0.393 e. The Bertz CT molecular complexity index is 573. The molecule has 29 heavy (non-hydrogen) atoms. The van der Waals surface area contributed by atoms with E-state index in [-0.39, 0.29) is 12.2 Å². The molecule has 1 unspecified atom stereocenters. The van der Waals surface area contributed by atoms with Crippen LogP contribution < -0.4 is 0 Å². The summed E-state index contributed by atoms with van der Waals surface area (Å²) in [5.74, 6) is 4.94. The summed E-state index contributed by atoms with van der Waals surface area (Å²) in [6.07, 6.45) is 13.3. The van der Waals surface area contributed by atoms with E-state index in [1.807, 2.05) is 0 Å². The highest BCUT2D eigenvalue weighted by molar-refractivity contribution is 5.11.